The summed E-state index contributed by atoms with van der Waals surface area (Å²) in [7, 11) is 7.40. The number of aryl methyl sites for hydroxylation is 2. The lowest BCUT2D eigenvalue weighted by molar-refractivity contribution is -0.137. The number of anilines is 3. The van der Waals surface area contributed by atoms with Crippen LogP contribution in [-0.4, -0.2) is 54.8 Å². The van der Waals surface area contributed by atoms with Crippen molar-refractivity contribution < 1.29 is 18.0 Å². The SMILES string of the molecule is Cc1ccc(C(=O)Nc2cc(N(C)CCCN(C)C)cc(C(F)(F)F)c2)cc1N(N)/C=C(\N)c1cnn(C)c1C. The van der Waals surface area contributed by atoms with E-state index in [1.165, 1.54) is 17.3 Å². The molecule has 0 atom stereocenters. The molecule has 0 aliphatic carbocycles. The third-order valence-electron chi connectivity index (χ3n) is 6.62. The summed E-state index contributed by atoms with van der Waals surface area (Å²) in [4.78, 5) is 16.9. The number of halogens is 3. The molecule has 5 N–H and O–H groups in total. The van der Waals surface area contributed by atoms with E-state index in [1.807, 2.05) is 32.8 Å². The number of carbonyl (C=O) groups excluding carboxylic acids is 1. The number of nitrogens with two attached hydrogens (primary N) is 2. The summed E-state index contributed by atoms with van der Waals surface area (Å²) < 4.78 is 42.8. The van der Waals surface area contributed by atoms with Crippen LogP contribution in [0, 0.1) is 13.8 Å². The van der Waals surface area contributed by atoms with Gasteiger partial charge in [-0.05, 0) is 76.8 Å². The number of hydrogen-bond donors (Lipinski definition) is 3. The Kier molecular flexibility index (Phi) is 9.48. The average Bonchev–Trinajstić information content (AvgIpc) is 3.21. The number of nitrogens with zero attached hydrogens (tertiary/aromatic N) is 5. The van der Waals surface area contributed by atoms with Crippen LogP contribution in [0.1, 0.15) is 39.2 Å². The Balaban J connectivity index is 1.86. The van der Waals surface area contributed by atoms with Crippen LogP contribution < -0.4 is 26.8 Å². The van der Waals surface area contributed by atoms with Gasteiger partial charge in [-0.15, -0.1) is 0 Å². The number of aromatic nitrogens is 2. The first-order valence-corrected chi connectivity index (χ1v) is 12.7. The lowest BCUT2D eigenvalue weighted by Gasteiger charge is -2.23. The molecule has 0 saturated heterocycles. The summed E-state index contributed by atoms with van der Waals surface area (Å²) >= 11 is 0. The van der Waals surface area contributed by atoms with Gasteiger partial charge in [-0.2, -0.15) is 18.3 Å². The zero-order valence-corrected chi connectivity index (χ0v) is 23.7. The Bertz CT molecular complexity index is 1380. The molecule has 2 aromatic carbocycles. The molecular formula is C28H37F3N8O. The predicted octanol–water partition coefficient (Wildman–Crippen LogP) is 4.33. The molecule has 1 aromatic heterocycles. The predicted molar refractivity (Wildman–Crippen MR) is 154 cm³/mol. The number of benzene rings is 2. The fourth-order valence-electron chi connectivity index (χ4n) is 4.12. The van der Waals surface area contributed by atoms with Crippen LogP contribution >= 0.6 is 0 Å². The van der Waals surface area contributed by atoms with Crippen LogP contribution in [0.15, 0.2) is 48.8 Å². The van der Waals surface area contributed by atoms with E-state index < -0.39 is 17.6 Å². The van der Waals surface area contributed by atoms with E-state index in [4.69, 9.17) is 11.6 Å². The van der Waals surface area contributed by atoms with Gasteiger partial charge in [-0.25, -0.2) is 5.84 Å². The van der Waals surface area contributed by atoms with E-state index in [0.29, 0.717) is 23.6 Å². The smallest absolute Gasteiger partial charge is 0.397 e. The second-order valence-electron chi connectivity index (χ2n) is 10.1. The van der Waals surface area contributed by atoms with Crippen molar-refractivity contribution in [1.29, 1.82) is 0 Å². The minimum atomic E-state index is -4.57. The molecule has 3 rings (SSSR count). The minimum absolute atomic E-state index is 0.0391. The number of alkyl halides is 3. The zero-order valence-electron chi connectivity index (χ0n) is 23.7. The summed E-state index contributed by atoms with van der Waals surface area (Å²) in [6.07, 6.45) is -0.646. The standard InChI is InChI=1S/C28H37F3N8O/c1-18-8-9-20(12-26(18)39(33)17-25(32)24-16-34-38(6)19(24)2)27(40)35-22-13-21(28(29,30)31)14-23(15-22)37(5)11-7-10-36(3)4/h8-9,12-17H,7,10-11,32-33H2,1-6H3,(H,35,40)/b25-17-. The topological polar surface area (TPSA) is 109 Å². The van der Waals surface area contributed by atoms with E-state index in [-0.39, 0.29) is 11.3 Å². The van der Waals surface area contributed by atoms with Gasteiger partial charge in [0.15, 0.2) is 0 Å². The van der Waals surface area contributed by atoms with Crippen LogP contribution in [0.5, 0.6) is 0 Å². The average molecular weight is 559 g/mol. The summed E-state index contributed by atoms with van der Waals surface area (Å²) in [5.41, 5.74) is 9.24. The fraction of sp³-hybridized carbons (Fsp3) is 0.357. The number of hydrogen-bond acceptors (Lipinski definition) is 7. The van der Waals surface area contributed by atoms with E-state index in [9.17, 15) is 18.0 Å². The highest BCUT2D eigenvalue weighted by Gasteiger charge is 2.32. The molecule has 1 amide bonds. The van der Waals surface area contributed by atoms with Gasteiger partial charge >= 0.3 is 6.18 Å². The van der Waals surface area contributed by atoms with Crippen LogP contribution in [0.25, 0.3) is 5.70 Å². The van der Waals surface area contributed by atoms with Gasteiger partial charge in [-0.1, -0.05) is 6.07 Å². The van der Waals surface area contributed by atoms with E-state index in [0.717, 1.165) is 41.9 Å². The molecule has 1 heterocycles. The van der Waals surface area contributed by atoms with Crippen molar-refractivity contribution >= 4 is 28.7 Å². The number of nitrogens with one attached hydrogen (secondary N) is 1. The monoisotopic (exact) mass is 558 g/mol. The Hall–Kier alpha value is -4.03. The molecule has 9 nitrogen and oxygen atoms in total. The highest BCUT2D eigenvalue weighted by Crippen LogP contribution is 2.34. The maximum absolute atomic E-state index is 13.7. The summed E-state index contributed by atoms with van der Waals surface area (Å²) in [5, 5.41) is 8.10. The molecule has 0 radical (unpaired) electrons. The second-order valence-corrected chi connectivity index (χ2v) is 10.1. The molecule has 0 aliphatic rings. The Morgan fingerprint density at radius 2 is 1.80 bits per heavy atom. The van der Waals surface area contributed by atoms with E-state index >= 15 is 0 Å². The molecule has 0 unspecified atom stereocenters. The van der Waals surface area contributed by atoms with Crippen molar-refractivity contribution in [1.82, 2.24) is 14.7 Å². The van der Waals surface area contributed by atoms with Crippen LogP contribution in [0.3, 0.4) is 0 Å². The van der Waals surface area contributed by atoms with Crippen molar-refractivity contribution in [3.8, 4) is 0 Å². The molecule has 0 spiro atoms. The maximum atomic E-state index is 13.7. The lowest BCUT2D eigenvalue weighted by Crippen LogP contribution is -2.27. The number of carbonyl (C=O) groups is 1. The van der Waals surface area contributed by atoms with Crippen molar-refractivity contribution in [2.75, 3.05) is 49.5 Å². The summed E-state index contributed by atoms with van der Waals surface area (Å²) in [5.74, 6) is 5.70. The lowest BCUT2D eigenvalue weighted by atomic mass is 10.1. The van der Waals surface area contributed by atoms with Crippen molar-refractivity contribution in [2.45, 2.75) is 26.4 Å². The van der Waals surface area contributed by atoms with Gasteiger partial charge in [0.05, 0.1) is 23.1 Å². The highest BCUT2D eigenvalue weighted by molar-refractivity contribution is 6.05. The normalized spacial score (nSPS) is 12.1. The van der Waals surface area contributed by atoms with Gasteiger partial charge in [0.2, 0.25) is 0 Å². The first kappa shape index (κ1) is 30.5. The Labute approximate surface area is 232 Å². The quantitative estimate of drug-likeness (QED) is 0.251. The highest BCUT2D eigenvalue weighted by atomic mass is 19.4. The second kappa shape index (κ2) is 12.4. The molecular weight excluding hydrogens is 521 g/mol. The Morgan fingerprint density at radius 1 is 1.10 bits per heavy atom. The number of amides is 1. The summed E-state index contributed by atoms with van der Waals surface area (Å²) in [6, 6.07) is 8.41. The molecule has 0 fully saturated rings. The fourth-order valence-corrected chi connectivity index (χ4v) is 4.12. The third-order valence-corrected chi connectivity index (χ3v) is 6.62. The van der Waals surface area contributed by atoms with E-state index in [2.05, 4.69) is 10.4 Å². The first-order valence-electron chi connectivity index (χ1n) is 12.7. The van der Waals surface area contributed by atoms with Gasteiger partial charge in [0.25, 0.3) is 5.91 Å². The first-order chi connectivity index (χ1) is 18.7. The van der Waals surface area contributed by atoms with Gasteiger partial charge < -0.3 is 20.9 Å². The van der Waals surface area contributed by atoms with Crippen molar-refractivity contribution in [3.05, 3.63) is 76.7 Å². The molecule has 0 saturated carbocycles. The molecule has 0 aliphatic heterocycles. The van der Waals surface area contributed by atoms with Crippen LogP contribution in [-0.2, 0) is 13.2 Å². The molecule has 12 heteroatoms. The molecule has 0 bridgehead atoms. The largest absolute Gasteiger partial charge is 0.416 e. The minimum Gasteiger partial charge on any atom is -0.397 e. The Morgan fingerprint density at radius 3 is 2.40 bits per heavy atom. The van der Waals surface area contributed by atoms with Gasteiger partial charge in [-0.3, -0.25) is 14.5 Å². The van der Waals surface area contributed by atoms with Crippen LogP contribution in [0.2, 0.25) is 0 Å². The zero-order chi connectivity index (χ0) is 29.8. The molecule has 40 heavy (non-hydrogen) atoms. The van der Waals surface area contributed by atoms with Crippen LogP contribution in [0.4, 0.5) is 30.2 Å². The number of hydrazine groups is 1. The van der Waals surface area contributed by atoms with Gasteiger partial charge in [0, 0.05) is 55.0 Å². The van der Waals surface area contributed by atoms with E-state index in [1.54, 1.807) is 48.1 Å². The molecule has 3 aromatic rings. The molecule has 216 valence electrons. The summed E-state index contributed by atoms with van der Waals surface area (Å²) in [6.45, 7) is 5.04. The number of rotatable bonds is 10. The van der Waals surface area contributed by atoms with Crippen molar-refractivity contribution in [3.63, 3.8) is 0 Å². The van der Waals surface area contributed by atoms with Crippen molar-refractivity contribution in [2.24, 2.45) is 18.6 Å². The van der Waals surface area contributed by atoms with Gasteiger partial charge in [0.1, 0.15) is 0 Å². The maximum Gasteiger partial charge on any atom is 0.416 e. The third kappa shape index (κ3) is 7.54.